The molecule has 0 saturated carbocycles. The highest BCUT2D eigenvalue weighted by molar-refractivity contribution is 6.36. The molecule has 0 fully saturated rings. The Kier molecular flexibility index (Phi) is 2.95. The molecule has 3 N–H and O–H groups in total. The van der Waals surface area contributed by atoms with Crippen molar-refractivity contribution in [3.63, 3.8) is 0 Å². The van der Waals surface area contributed by atoms with E-state index in [1.807, 2.05) is 6.07 Å². The van der Waals surface area contributed by atoms with Gasteiger partial charge in [0, 0.05) is 11.1 Å². The van der Waals surface area contributed by atoms with E-state index in [-0.39, 0.29) is 16.9 Å². The number of carboxylic acid groups (broad SMARTS) is 1. The Morgan fingerprint density at radius 1 is 0.952 bits per heavy atom. The molecule has 0 aromatic heterocycles. The van der Waals surface area contributed by atoms with E-state index in [0.717, 1.165) is 0 Å². The first-order valence-corrected chi connectivity index (χ1v) is 6.25. The van der Waals surface area contributed by atoms with Crippen molar-refractivity contribution in [3.8, 4) is 0 Å². The lowest BCUT2D eigenvalue weighted by Crippen LogP contribution is -2.06. The molecule has 2 aromatic rings. The second kappa shape index (κ2) is 4.79. The lowest BCUT2D eigenvalue weighted by Gasteiger charge is -2.04. The lowest BCUT2D eigenvalue weighted by atomic mass is 10.0. The minimum atomic E-state index is -1.07. The summed E-state index contributed by atoms with van der Waals surface area (Å²) in [7, 11) is 0. The van der Waals surface area contributed by atoms with Crippen LogP contribution in [0.15, 0.2) is 48.5 Å². The Labute approximate surface area is 120 Å². The van der Waals surface area contributed by atoms with Gasteiger partial charge in [-0.1, -0.05) is 36.4 Å². The minimum Gasteiger partial charge on any atom is -0.506 e. The Balaban J connectivity index is 2.15. The number of amides is 1. The molecular weight excluding hydrogens is 270 g/mol. The number of aliphatic hydroxyl groups excluding tert-OH is 1. The van der Waals surface area contributed by atoms with Crippen molar-refractivity contribution in [1.82, 2.24) is 0 Å². The third kappa shape index (κ3) is 2.14. The van der Waals surface area contributed by atoms with E-state index in [9.17, 15) is 14.7 Å². The number of benzene rings is 2. The third-order valence-electron chi connectivity index (χ3n) is 3.30. The van der Waals surface area contributed by atoms with Crippen LogP contribution in [0.25, 0.3) is 11.3 Å². The fraction of sp³-hybridized carbons (Fsp3) is 0. The summed E-state index contributed by atoms with van der Waals surface area (Å²) in [6.07, 6.45) is 0. The maximum atomic E-state index is 12.1. The molecule has 1 heterocycles. The summed E-state index contributed by atoms with van der Waals surface area (Å²) in [5.74, 6) is -1.65. The van der Waals surface area contributed by atoms with Crippen molar-refractivity contribution in [2.75, 3.05) is 5.32 Å². The van der Waals surface area contributed by atoms with Gasteiger partial charge in [-0.2, -0.15) is 0 Å². The van der Waals surface area contributed by atoms with Crippen LogP contribution in [0, 0.1) is 0 Å². The van der Waals surface area contributed by atoms with Crippen LogP contribution in [0.1, 0.15) is 21.5 Å². The summed E-state index contributed by atoms with van der Waals surface area (Å²) in [5.41, 5.74) is 1.63. The fourth-order valence-electron chi connectivity index (χ4n) is 2.28. The van der Waals surface area contributed by atoms with Crippen molar-refractivity contribution in [3.05, 3.63) is 65.2 Å². The molecule has 0 radical (unpaired) electrons. The first-order valence-electron chi connectivity index (χ1n) is 6.25. The van der Waals surface area contributed by atoms with Gasteiger partial charge in [0.2, 0.25) is 0 Å². The Morgan fingerprint density at radius 2 is 1.67 bits per heavy atom. The molecule has 1 aliphatic heterocycles. The zero-order chi connectivity index (χ0) is 15.0. The molecule has 0 atom stereocenters. The fourth-order valence-corrected chi connectivity index (χ4v) is 2.28. The number of aliphatic hydroxyl groups is 1. The van der Waals surface area contributed by atoms with Gasteiger partial charge in [-0.15, -0.1) is 0 Å². The topological polar surface area (TPSA) is 86.6 Å². The number of carboxylic acids is 1. The van der Waals surface area contributed by atoms with E-state index < -0.39 is 11.9 Å². The average Bonchev–Trinajstić information content (AvgIpc) is 2.82. The highest BCUT2D eigenvalue weighted by Crippen LogP contribution is 2.36. The van der Waals surface area contributed by atoms with Gasteiger partial charge in [-0.25, -0.2) is 4.79 Å². The summed E-state index contributed by atoms with van der Waals surface area (Å²) < 4.78 is 0. The maximum absolute atomic E-state index is 12.1. The van der Waals surface area contributed by atoms with E-state index in [0.29, 0.717) is 16.8 Å². The Bertz CT molecular complexity index is 778. The number of hydrogen-bond donors (Lipinski definition) is 3. The van der Waals surface area contributed by atoms with Crippen molar-refractivity contribution in [1.29, 1.82) is 0 Å². The van der Waals surface area contributed by atoms with E-state index >= 15 is 0 Å². The standard InChI is InChI=1S/C16H11NO4/c18-14(9-4-2-1-3-5-9)13-11-7-6-10(16(20)21)8-12(11)17-15(13)19/h1-8,18H,(H,17,19)(H,20,21)/b14-13-. The van der Waals surface area contributed by atoms with Crippen LogP contribution in [0.3, 0.4) is 0 Å². The van der Waals surface area contributed by atoms with E-state index in [1.54, 1.807) is 24.3 Å². The van der Waals surface area contributed by atoms with Gasteiger partial charge in [0.15, 0.2) is 0 Å². The first kappa shape index (κ1) is 12.9. The number of nitrogens with one attached hydrogen (secondary N) is 1. The van der Waals surface area contributed by atoms with Crippen LogP contribution >= 0.6 is 0 Å². The summed E-state index contributed by atoms with van der Waals surface area (Å²) >= 11 is 0. The molecule has 1 aliphatic rings. The van der Waals surface area contributed by atoms with Crippen LogP contribution in [0.4, 0.5) is 5.69 Å². The highest BCUT2D eigenvalue weighted by atomic mass is 16.4. The molecule has 104 valence electrons. The van der Waals surface area contributed by atoms with E-state index in [2.05, 4.69) is 5.32 Å². The van der Waals surface area contributed by atoms with Crippen molar-refractivity contribution < 1.29 is 19.8 Å². The molecule has 5 heteroatoms. The third-order valence-corrected chi connectivity index (χ3v) is 3.30. The second-order valence-electron chi connectivity index (χ2n) is 4.61. The minimum absolute atomic E-state index is 0.0782. The maximum Gasteiger partial charge on any atom is 0.335 e. The summed E-state index contributed by atoms with van der Waals surface area (Å²) in [5, 5.41) is 21.9. The van der Waals surface area contributed by atoms with Gasteiger partial charge >= 0.3 is 5.97 Å². The quantitative estimate of drug-likeness (QED) is 0.583. The van der Waals surface area contributed by atoms with Crippen molar-refractivity contribution >= 4 is 28.9 Å². The smallest absolute Gasteiger partial charge is 0.335 e. The number of aromatic carboxylic acids is 1. The second-order valence-corrected chi connectivity index (χ2v) is 4.61. The number of fused-ring (bicyclic) bond motifs is 1. The van der Waals surface area contributed by atoms with Crippen LogP contribution in [-0.2, 0) is 4.79 Å². The van der Waals surface area contributed by atoms with Gasteiger partial charge in [-0.3, -0.25) is 4.79 Å². The van der Waals surface area contributed by atoms with Crippen molar-refractivity contribution in [2.45, 2.75) is 0 Å². The molecule has 0 unspecified atom stereocenters. The van der Waals surface area contributed by atoms with Gasteiger partial charge in [-0.05, 0) is 12.1 Å². The molecule has 21 heavy (non-hydrogen) atoms. The van der Waals surface area contributed by atoms with Gasteiger partial charge in [0.05, 0.1) is 16.8 Å². The molecule has 2 aromatic carbocycles. The summed E-state index contributed by atoms with van der Waals surface area (Å²) in [6.45, 7) is 0. The molecule has 3 rings (SSSR count). The van der Waals surface area contributed by atoms with Gasteiger partial charge < -0.3 is 15.5 Å². The molecule has 0 saturated heterocycles. The van der Waals surface area contributed by atoms with Crippen molar-refractivity contribution in [2.24, 2.45) is 0 Å². The van der Waals surface area contributed by atoms with E-state index in [1.165, 1.54) is 18.2 Å². The van der Waals surface area contributed by atoms with E-state index in [4.69, 9.17) is 5.11 Å². The molecule has 5 nitrogen and oxygen atoms in total. The molecule has 0 bridgehead atoms. The molecule has 0 aliphatic carbocycles. The van der Waals surface area contributed by atoms with Gasteiger partial charge in [0.1, 0.15) is 5.76 Å². The SMILES string of the molecule is O=C1Nc2cc(C(=O)O)ccc2/C1=C(/O)c1ccccc1. The normalized spacial score (nSPS) is 15.3. The average molecular weight is 281 g/mol. The summed E-state index contributed by atoms with van der Waals surface area (Å²) in [6, 6.07) is 13.0. The lowest BCUT2D eigenvalue weighted by molar-refractivity contribution is -0.110. The Morgan fingerprint density at radius 3 is 2.33 bits per heavy atom. The number of anilines is 1. The first-order chi connectivity index (χ1) is 10.1. The number of carbonyl (C=O) groups excluding carboxylic acids is 1. The largest absolute Gasteiger partial charge is 0.506 e. The highest BCUT2D eigenvalue weighted by Gasteiger charge is 2.28. The summed E-state index contributed by atoms with van der Waals surface area (Å²) in [4.78, 5) is 23.0. The number of rotatable bonds is 2. The molecule has 1 amide bonds. The number of carbonyl (C=O) groups is 2. The van der Waals surface area contributed by atoms with Crippen LogP contribution in [-0.4, -0.2) is 22.1 Å². The zero-order valence-electron chi connectivity index (χ0n) is 10.8. The van der Waals surface area contributed by atoms with Crippen LogP contribution in [0.5, 0.6) is 0 Å². The number of hydrogen-bond acceptors (Lipinski definition) is 3. The monoisotopic (exact) mass is 281 g/mol. The van der Waals surface area contributed by atoms with Crippen LogP contribution < -0.4 is 5.32 Å². The zero-order valence-corrected chi connectivity index (χ0v) is 10.8. The molecule has 0 spiro atoms. The predicted octanol–water partition coefficient (Wildman–Crippen LogP) is 2.76. The Hall–Kier alpha value is -3.08. The van der Waals surface area contributed by atoms with Gasteiger partial charge in [0.25, 0.3) is 5.91 Å². The molecular formula is C16H11NO4. The predicted molar refractivity (Wildman–Crippen MR) is 77.9 cm³/mol. The van der Waals surface area contributed by atoms with Crippen LogP contribution in [0.2, 0.25) is 0 Å².